The van der Waals surface area contributed by atoms with E-state index in [-0.39, 0.29) is 61.7 Å². The molecule has 15 heteroatoms. The Hall–Kier alpha value is -6.12. The molecular weight excluding hydrogens is 822 g/mol. The van der Waals surface area contributed by atoms with Gasteiger partial charge >= 0.3 is 0 Å². The van der Waals surface area contributed by atoms with Crippen LogP contribution in [0.2, 0.25) is 10.0 Å². The van der Waals surface area contributed by atoms with Crippen LogP contribution in [0.3, 0.4) is 0 Å². The molecule has 58 heavy (non-hydrogen) atoms. The van der Waals surface area contributed by atoms with Crippen molar-refractivity contribution < 1.29 is 34.1 Å². The first-order chi connectivity index (χ1) is 27.7. The van der Waals surface area contributed by atoms with Crippen LogP contribution >= 0.6 is 45.9 Å². The number of nitro benzene ring substituents is 1. The SMILES string of the molecule is Cc1cccc(N(C)c2c(O)cc(Oc3ccc(C)s3)c(Oc3cccc(Oc4c(Oc5ccc(C)s5)cc(O)c(N(C)c5cccc([N+](=O)[O-])c5)c4Cl)c3)c2Cl)c1. The van der Waals surface area contributed by atoms with Gasteiger partial charge in [-0.25, -0.2) is 0 Å². The smallest absolute Gasteiger partial charge is 0.271 e. The fraction of sp³-hybridized carbons (Fsp3) is 0.116. The Kier molecular flexibility index (Phi) is 11.6. The standard InChI is InChI=1S/C43H35Cl2N3O8S2/c1-24-9-6-10-27(19-24)46(4)40-32(49)22-34(55-36-17-15-25(2)57-36)42(38(40)44)53-30-13-8-14-31(21-30)54-43-35(56-37-18-16-26(3)58-37)23-33(50)41(39(43)45)47(5)28-11-7-12-29(20-28)48(51)52/h6-23,49-50H,1-5H3. The number of anilines is 4. The molecular formula is C43H35Cl2N3O8S2. The van der Waals surface area contributed by atoms with Crippen molar-refractivity contribution >= 4 is 74.3 Å². The average molecular weight is 857 g/mol. The largest absolute Gasteiger partial charge is 0.506 e. The molecule has 11 nitrogen and oxygen atoms in total. The minimum atomic E-state index is -0.505. The number of phenols is 2. The molecule has 0 aliphatic carbocycles. The first kappa shape index (κ1) is 40.1. The zero-order valence-electron chi connectivity index (χ0n) is 31.7. The summed E-state index contributed by atoms with van der Waals surface area (Å²) >= 11 is 17.0. The number of aryl methyl sites for hydroxylation is 3. The summed E-state index contributed by atoms with van der Waals surface area (Å²) in [6.45, 7) is 5.87. The van der Waals surface area contributed by atoms with Crippen LogP contribution in [0.25, 0.3) is 0 Å². The molecule has 7 rings (SSSR count). The Morgan fingerprint density at radius 3 is 1.52 bits per heavy atom. The van der Waals surface area contributed by atoms with Gasteiger partial charge in [0, 0.05) is 65.6 Å². The third-order valence-electron chi connectivity index (χ3n) is 8.87. The molecule has 0 aliphatic heterocycles. The lowest BCUT2D eigenvalue weighted by Crippen LogP contribution is -2.11. The third-order valence-corrected chi connectivity index (χ3v) is 11.3. The Morgan fingerprint density at radius 2 is 1.07 bits per heavy atom. The van der Waals surface area contributed by atoms with Crippen LogP contribution < -0.4 is 28.7 Å². The van der Waals surface area contributed by atoms with Crippen molar-refractivity contribution in [3.05, 3.63) is 145 Å². The highest BCUT2D eigenvalue weighted by atomic mass is 35.5. The van der Waals surface area contributed by atoms with E-state index in [4.69, 9.17) is 42.1 Å². The lowest BCUT2D eigenvalue weighted by molar-refractivity contribution is -0.384. The number of aromatic hydroxyl groups is 2. The number of hydrogen-bond donors (Lipinski definition) is 2. The molecule has 0 aliphatic rings. The van der Waals surface area contributed by atoms with Gasteiger partial charge in [-0.1, -0.05) is 47.5 Å². The summed E-state index contributed by atoms with van der Waals surface area (Å²) < 4.78 is 25.4. The third kappa shape index (κ3) is 8.58. The van der Waals surface area contributed by atoms with E-state index < -0.39 is 4.92 Å². The second kappa shape index (κ2) is 16.8. The van der Waals surface area contributed by atoms with Crippen molar-refractivity contribution in [3.8, 4) is 56.1 Å². The second-order valence-electron chi connectivity index (χ2n) is 13.1. The van der Waals surface area contributed by atoms with Crippen LogP contribution in [0, 0.1) is 30.9 Å². The minimum Gasteiger partial charge on any atom is -0.506 e. The van der Waals surface area contributed by atoms with Crippen molar-refractivity contribution in [2.75, 3.05) is 23.9 Å². The Balaban J connectivity index is 1.29. The molecule has 5 aromatic carbocycles. The highest BCUT2D eigenvalue weighted by molar-refractivity contribution is 7.14. The van der Waals surface area contributed by atoms with Crippen molar-refractivity contribution in [3.63, 3.8) is 0 Å². The molecule has 0 radical (unpaired) electrons. The normalized spacial score (nSPS) is 10.9. The number of thiophene rings is 2. The highest BCUT2D eigenvalue weighted by Gasteiger charge is 2.27. The van der Waals surface area contributed by atoms with Gasteiger partial charge in [-0.2, -0.15) is 0 Å². The molecule has 0 bridgehead atoms. The predicted molar refractivity (Wildman–Crippen MR) is 231 cm³/mol. The van der Waals surface area contributed by atoms with Gasteiger partial charge in [-0.05, 0) is 80.9 Å². The van der Waals surface area contributed by atoms with E-state index in [2.05, 4.69) is 0 Å². The van der Waals surface area contributed by atoms with E-state index in [0.717, 1.165) is 21.0 Å². The first-order valence-corrected chi connectivity index (χ1v) is 20.0. The molecule has 7 aromatic rings. The number of benzene rings is 5. The Labute approximate surface area is 352 Å². The monoisotopic (exact) mass is 855 g/mol. The topological polar surface area (TPSA) is 127 Å². The molecule has 0 saturated heterocycles. The van der Waals surface area contributed by atoms with Gasteiger partial charge in [0.2, 0.25) is 0 Å². The maximum Gasteiger partial charge on any atom is 0.271 e. The van der Waals surface area contributed by atoms with Crippen LogP contribution in [0.15, 0.2) is 109 Å². The minimum absolute atomic E-state index is 0.0315. The lowest BCUT2D eigenvalue weighted by atomic mass is 10.1. The van der Waals surface area contributed by atoms with Crippen LogP contribution in [0.1, 0.15) is 15.3 Å². The average Bonchev–Trinajstić information content (AvgIpc) is 3.80. The number of rotatable bonds is 13. The number of ether oxygens (including phenoxy) is 4. The maximum absolute atomic E-state index is 11.6. The van der Waals surface area contributed by atoms with Gasteiger partial charge in [0.15, 0.2) is 33.1 Å². The molecule has 0 unspecified atom stereocenters. The van der Waals surface area contributed by atoms with Crippen LogP contribution in [-0.2, 0) is 0 Å². The lowest BCUT2D eigenvalue weighted by Gasteiger charge is -2.25. The van der Waals surface area contributed by atoms with E-state index >= 15 is 0 Å². The van der Waals surface area contributed by atoms with Gasteiger partial charge in [0.05, 0.1) is 4.92 Å². The molecule has 2 aromatic heterocycles. The van der Waals surface area contributed by atoms with Gasteiger partial charge in [0.1, 0.15) is 44.4 Å². The molecule has 0 fully saturated rings. The van der Waals surface area contributed by atoms with Gasteiger partial charge in [-0.3, -0.25) is 10.1 Å². The molecule has 0 saturated carbocycles. The molecule has 296 valence electrons. The predicted octanol–water partition coefficient (Wildman–Crippen LogP) is 14.1. The van der Waals surface area contributed by atoms with Crippen molar-refractivity contribution in [2.24, 2.45) is 0 Å². The van der Waals surface area contributed by atoms with Crippen molar-refractivity contribution in [1.82, 2.24) is 0 Å². The first-order valence-electron chi connectivity index (χ1n) is 17.6. The second-order valence-corrected chi connectivity index (χ2v) is 16.4. The summed E-state index contributed by atoms with van der Waals surface area (Å²) in [5.41, 5.74) is 2.49. The summed E-state index contributed by atoms with van der Waals surface area (Å²) in [5.74, 6) is 0.658. The fourth-order valence-corrected chi connectivity index (χ4v) is 8.20. The number of halogens is 2. The van der Waals surface area contributed by atoms with Crippen LogP contribution in [0.5, 0.6) is 56.1 Å². The van der Waals surface area contributed by atoms with Gasteiger partial charge < -0.3 is 39.0 Å². The molecule has 2 heterocycles. The maximum atomic E-state index is 11.6. The van der Waals surface area contributed by atoms with Gasteiger partial charge in [-0.15, -0.1) is 22.7 Å². The summed E-state index contributed by atoms with van der Waals surface area (Å²) in [5, 5.41) is 35.4. The van der Waals surface area contributed by atoms with Crippen molar-refractivity contribution in [2.45, 2.75) is 20.8 Å². The quantitative estimate of drug-likeness (QED) is 0.0854. The summed E-state index contributed by atoms with van der Waals surface area (Å²) in [6.07, 6.45) is 0. The van der Waals surface area contributed by atoms with Crippen LogP contribution in [0.4, 0.5) is 28.4 Å². The number of nitrogens with zero attached hydrogens (tertiary/aromatic N) is 3. The number of non-ortho nitro benzene ring substituents is 1. The molecule has 0 atom stereocenters. The molecule has 0 amide bonds. The summed E-state index contributed by atoms with van der Waals surface area (Å²) in [6, 6.07) is 30.6. The summed E-state index contributed by atoms with van der Waals surface area (Å²) in [7, 11) is 3.41. The van der Waals surface area contributed by atoms with E-state index in [0.29, 0.717) is 27.3 Å². The van der Waals surface area contributed by atoms with E-state index in [1.54, 1.807) is 55.4 Å². The zero-order valence-corrected chi connectivity index (χ0v) is 34.8. The number of phenolic OH excluding ortho intramolecular Hbond substituents is 2. The van der Waals surface area contributed by atoms with E-state index in [1.165, 1.54) is 57.9 Å². The Morgan fingerprint density at radius 1 is 0.603 bits per heavy atom. The summed E-state index contributed by atoms with van der Waals surface area (Å²) in [4.78, 5) is 16.4. The fourth-order valence-electron chi connectivity index (χ4n) is 6.05. The van der Waals surface area contributed by atoms with Gasteiger partial charge in [0.25, 0.3) is 5.69 Å². The zero-order chi connectivity index (χ0) is 41.2. The van der Waals surface area contributed by atoms with Crippen LogP contribution in [-0.4, -0.2) is 29.2 Å². The molecule has 2 N–H and O–H groups in total. The Bertz CT molecular complexity index is 2670. The highest BCUT2D eigenvalue weighted by Crippen LogP contribution is 2.54. The molecule has 0 spiro atoms. The number of nitro groups is 1. The number of hydrogen-bond acceptors (Lipinski definition) is 12. The van der Waals surface area contributed by atoms with E-state index in [1.807, 2.05) is 63.2 Å². The van der Waals surface area contributed by atoms with E-state index in [9.17, 15) is 20.3 Å². The van der Waals surface area contributed by atoms with Crippen molar-refractivity contribution in [1.29, 1.82) is 0 Å².